The Morgan fingerprint density at radius 1 is 1.07 bits per heavy atom. The van der Waals surface area contributed by atoms with Gasteiger partial charge in [0.25, 0.3) is 0 Å². The van der Waals surface area contributed by atoms with Crippen molar-refractivity contribution < 1.29 is 22.7 Å². The number of ether oxygens (including phenoxy) is 2. The number of methoxy groups -OCH3 is 1. The number of benzene rings is 2. The van der Waals surface area contributed by atoms with Gasteiger partial charge in [0.1, 0.15) is 0 Å². The third-order valence-electron chi connectivity index (χ3n) is 4.85. The van der Waals surface area contributed by atoms with Gasteiger partial charge in [-0.1, -0.05) is 13.0 Å². The van der Waals surface area contributed by atoms with Gasteiger partial charge >= 0.3 is 0 Å². The summed E-state index contributed by atoms with van der Waals surface area (Å²) in [7, 11) is -2.13. The fourth-order valence-corrected chi connectivity index (χ4v) is 4.81. The molecule has 0 unspecified atom stereocenters. The van der Waals surface area contributed by atoms with Crippen LogP contribution in [0.25, 0.3) is 0 Å². The maximum Gasteiger partial charge on any atom is 0.243 e. The molecule has 7 nitrogen and oxygen atoms in total. The minimum Gasteiger partial charge on any atom is -0.493 e. The average molecular weight is 419 g/mol. The first kappa shape index (κ1) is 21.1. The van der Waals surface area contributed by atoms with Crippen LogP contribution in [0.3, 0.4) is 0 Å². The standard InChI is InChI=1S/C21H26N2O5S/c1-4-23(14-15-6-10-19(28-5-2)20(12-15)27-3)29(25,26)17-8-9-18-16(13-17)7-11-21(24)22-18/h6,8-10,12-13H,4-5,7,11,14H2,1-3H3,(H,22,24). The Labute approximate surface area is 171 Å². The van der Waals surface area contributed by atoms with E-state index in [9.17, 15) is 13.2 Å². The Hall–Kier alpha value is -2.58. The van der Waals surface area contributed by atoms with Crippen LogP contribution in [-0.2, 0) is 27.8 Å². The number of fused-ring (bicyclic) bond motifs is 1. The van der Waals surface area contributed by atoms with E-state index in [1.807, 2.05) is 19.9 Å². The van der Waals surface area contributed by atoms with Crippen molar-refractivity contribution in [2.24, 2.45) is 0 Å². The Bertz CT molecular complexity index is 1000. The van der Waals surface area contributed by atoms with Crippen molar-refractivity contribution in [3.05, 3.63) is 47.5 Å². The molecule has 1 heterocycles. The number of nitrogens with zero attached hydrogens (tertiary/aromatic N) is 1. The summed E-state index contributed by atoms with van der Waals surface area (Å²) in [5.74, 6) is 1.15. The van der Waals surface area contributed by atoms with E-state index in [1.165, 1.54) is 4.31 Å². The molecule has 2 aromatic carbocycles. The quantitative estimate of drug-likeness (QED) is 0.712. The number of hydrogen-bond acceptors (Lipinski definition) is 5. The molecule has 1 amide bonds. The van der Waals surface area contributed by atoms with Gasteiger partial charge in [0.15, 0.2) is 11.5 Å². The first-order valence-electron chi connectivity index (χ1n) is 9.61. The first-order chi connectivity index (χ1) is 13.9. The lowest BCUT2D eigenvalue weighted by Crippen LogP contribution is -2.30. The molecule has 8 heteroatoms. The molecular formula is C21H26N2O5S. The van der Waals surface area contributed by atoms with Gasteiger partial charge in [-0.25, -0.2) is 8.42 Å². The fraction of sp³-hybridized carbons (Fsp3) is 0.381. The summed E-state index contributed by atoms with van der Waals surface area (Å²) in [5, 5.41) is 2.78. The van der Waals surface area contributed by atoms with Crippen molar-refractivity contribution in [3.63, 3.8) is 0 Å². The van der Waals surface area contributed by atoms with Crippen LogP contribution in [-0.4, -0.2) is 38.9 Å². The Morgan fingerprint density at radius 2 is 1.86 bits per heavy atom. The van der Waals surface area contributed by atoms with Crippen LogP contribution in [0.1, 0.15) is 31.4 Å². The van der Waals surface area contributed by atoms with Gasteiger partial charge in [0.05, 0.1) is 18.6 Å². The van der Waals surface area contributed by atoms with Crippen LogP contribution in [0.5, 0.6) is 11.5 Å². The average Bonchev–Trinajstić information content (AvgIpc) is 2.72. The third-order valence-corrected chi connectivity index (χ3v) is 6.77. The number of sulfonamides is 1. The number of anilines is 1. The van der Waals surface area contributed by atoms with E-state index in [-0.39, 0.29) is 17.3 Å². The largest absolute Gasteiger partial charge is 0.493 e. The van der Waals surface area contributed by atoms with Crippen LogP contribution in [0, 0.1) is 0 Å². The zero-order chi connectivity index (χ0) is 21.0. The summed E-state index contributed by atoms with van der Waals surface area (Å²) in [6.45, 7) is 4.76. The second-order valence-electron chi connectivity index (χ2n) is 6.72. The highest BCUT2D eigenvalue weighted by Gasteiger charge is 2.26. The predicted octanol–water partition coefficient (Wildman–Crippen LogP) is 3.19. The molecule has 0 spiro atoms. The maximum atomic E-state index is 13.2. The number of carbonyl (C=O) groups excluding carboxylic acids is 1. The summed E-state index contributed by atoms with van der Waals surface area (Å²) in [4.78, 5) is 11.8. The molecule has 0 atom stereocenters. The second kappa shape index (κ2) is 8.84. The Morgan fingerprint density at radius 3 is 2.55 bits per heavy atom. The van der Waals surface area contributed by atoms with Gasteiger partial charge in [0.2, 0.25) is 15.9 Å². The van der Waals surface area contributed by atoms with E-state index in [0.29, 0.717) is 43.2 Å². The topological polar surface area (TPSA) is 84.9 Å². The monoisotopic (exact) mass is 418 g/mol. The summed E-state index contributed by atoms with van der Waals surface area (Å²) in [6.07, 6.45) is 0.896. The van der Waals surface area contributed by atoms with Crippen molar-refractivity contribution in [1.29, 1.82) is 0 Å². The van der Waals surface area contributed by atoms with E-state index in [1.54, 1.807) is 37.4 Å². The van der Waals surface area contributed by atoms with E-state index in [2.05, 4.69) is 5.32 Å². The van der Waals surface area contributed by atoms with Crippen molar-refractivity contribution in [3.8, 4) is 11.5 Å². The fourth-order valence-electron chi connectivity index (χ4n) is 3.32. The lowest BCUT2D eigenvalue weighted by Gasteiger charge is -2.23. The van der Waals surface area contributed by atoms with E-state index in [0.717, 1.165) is 11.1 Å². The van der Waals surface area contributed by atoms with Gasteiger partial charge in [-0.15, -0.1) is 0 Å². The number of carbonyl (C=O) groups is 1. The Kier molecular flexibility index (Phi) is 6.44. The second-order valence-corrected chi connectivity index (χ2v) is 8.65. The molecule has 1 N–H and O–H groups in total. The van der Waals surface area contributed by atoms with Crippen molar-refractivity contribution >= 4 is 21.6 Å². The SMILES string of the molecule is CCOc1ccc(CN(CC)S(=O)(=O)c2ccc3c(c2)CCC(=O)N3)cc1OC. The molecule has 1 aliphatic rings. The molecule has 2 aromatic rings. The van der Waals surface area contributed by atoms with Gasteiger partial charge in [-0.3, -0.25) is 4.79 Å². The first-order valence-corrected chi connectivity index (χ1v) is 11.1. The van der Waals surface area contributed by atoms with Crippen LogP contribution in [0.2, 0.25) is 0 Å². The predicted molar refractivity (Wildman–Crippen MR) is 111 cm³/mol. The lowest BCUT2D eigenvalue weighted by molar-refractivity contribution is -0.116. The third kappa shape index (κ3) is 4.54. The smallest absolute Gasteiger partial charge is 0.243 e. The number of hydrogen-bond donors (Lipinski definition) is 1. The zero-order valence-electron chi connectivity index (χ0n) is 16.9. The highest BCUT2D eigenvalue weighted by atomic mass is 32.2. The number of amides is 1. The van der Waals surface area contributed by atoms with Crippen LogP contribution < -0.4 is 14.8 Å². The molecule has 156 valence electrons. The molecule has 0 saturated carbocycles. The minimum atomic E-state index is -3.69. The maximum absolute atomic E-state index is 13.2. The zero-order valence-corrected chi connectivity index (χ0v) is 17.7. The van der Waals surface area contributed by atoms with Crippen LogP contribution in [0.15, 0.2) is 41.3 Å². The van der Waals surface area contributed by atoms with Crippen LogP contribution >= 0.6 is 0 Å². The normalized spacial score (nSPS) is 13.7. The van der Waals surface area contributed by atoms with E-state index >= 15 is 0 Å². The van der Waals surface area contributed by atoms with Gasteiger partial charge in [0, 0.05) is 25.2 Å². The molecule has 1 aliphatic heterocycles. The molecule has 3 rings (SSSR count). The number of rotatable bonds is 8. The minimum absolute atomic E-state index is 0.0484. The molecule has 0 aromatic heterocycles. The highest BCUT2D eigenvalue weighted by molar-refractivity contribution is 7.89. The molecule has 29 heavy (non-hydrogen) atoms. The highest BCUT2D eigenvalue weighted by Crippen LogP contribution is 2.30. The number of aryl methyl sites for hydroxylation is 1. The van der Waals surface area contributed by atoms with E-state index < -0.39 is 10.0 Å². The number of nitrogens with one attached hydrogen (secondary N) is 1. The molecule has 0 radical (unpaired) electrons. The van der Waals surface area contributed by atoms with Gasteiger partial charge < -0.3 is 14.8 Å². The van der Waals surface area contributed by atoms with Crippen molar-refractivity contribution in [2.45, 2.75) is 38.1 Å². The molecule has 0 fully saturated rings. The summed E-state index contributed by atoms with van der Waals surface area (Å²) in [6, 6.07) is 10.3. The van der Waals surface area contributed by atoms with Crippen molar-refractivity contribution in [2.75, 3.05) is 25.6 Å². The summed E-state index contributed by atoms with van der Waals surface area (Å²) < 4.78 is 38.8. The molecule has 0 saturated heterocycles. The van der Waals surface area contributed by atoms with Gasteiger partial charge in [-0.05, 0) is 54.8 Å². The Balaban J connectivity index is 1.86. The van der Waals surface area contributed by atoms with Crippen LogP contribution in [0.4, 0.5) is 5.69 Å². The lowest BCUT2D eigenvalue weighted by atomic mass is 10.0. The van der Waals surface area contributed by atoms with Gasteiger partial charge in [-0.2, -0.15) is 4.31 Å². The molecule has 0 bridgehead atoms. The molecule has 0 aliphatic carbocycles. The summed E-state index contributed by atoms with van der Waals surface area (Å²) in [5.41, 5.74) is 2.32. The van der Waals surface area contributed by atoms with Crippen molar-refractivity contribution in [1.82, 2.24) is 4.31 Å². The summed E-state index contributed by atoms with van der Waals surface area (Å²) >= 11 is 0. The van der Waals surface area contributed by atoms with E-state index in [4.69, 9.17) is 9.47 Å². The molecular weight excluding hydrogens is 392 g/mol.